The first kappa shape index (κ1) is 12.7. The van der Waals surface area contributed by atoms with E-state index in [1.54, 1.807) is 23.1 Å². The van der Waals surface area contributed by atoms with Gasteiger partial charge in [-0.2, -0.15) is 0 Å². The van der Waals surface area contributed by atoms with E-state index in [-0.39, 0.29) is 0 Å². The predicted octanol–water partition coefficient (Wildman–Crippen LogP) is 3.39. The first-order chi connectivity index (χ1) is 9.31. The summed E-state index contributed by atoms with van der Waals surface area (Å²) in [7, 11) is 0. The van der Waals surface area contributed by atoms with Gasteiger partial charge in [0, 0.05) is 11.1 Å². The van der Waals surface area contributed by atoms with E-state index < -0.39 is 0 Å². The third-order valence-electron chi connectivity index (χ3n) is 2.94. The Hall–Kier alpha value is -1.33. The largest absolute Gasteiger partial charge is 0.357 e. The molecule has 5 heteroatoms. The van der Waals surface area contributed by atoms with Crippen LogP contribution in [0.15, 0.2) is 40.7 Å². The van der Waals surface area contributed by atoms with Gasteiger partial charge < -0.3 is 5.32 Å². The molecule has 3 nitrogen and oxygen atoms in total. The second kappa shape index (κ2) is 5.75. The van der Waals surface area contributed by atoms with Crippen molar-refractivity contribution in [2.24, 2.45) is 4.99 Å². The number of thioether (sulfide) groups is 1. The molecule has 1 N–H and O–H groups in total. The fraction of sp³-hybridized carbons (Fsp3) is 0.286. The number of nitrogens with zero attached hydrogens (tertiary/aromatic N) is 2. The van der Waals surface area contributed by atoms with Crippen LogP contribution in [-0.4, -0.2) is 15.9 Å². The van der Waals surface area contributed by atoms with E-state index in [1.165, 1.54) is 5.56 Å². The summed E-state index contributed by atoms with van der Waals surface area (Å²) in [5.41, 5.74) is 2.38. The molecule has 2 aromatic rings. The number of hydrogen-bond acceptors (Lipinski definition) is 4. The summed E-state index contributed by atoms with van der Waals surface area (Å²) < 4.78 is 0. The average molecular weight is 289 g/mol. The molecular weight excluding hydrogens is 274 g/mol. The van der Waals surface area contributed by atoms with Crippen molar-refractivity contribution in [3.8, 4) is 0 Å². The highest BCUT2D eigenvalue weighted by Crippen LogP contribution is 2.26. The van der Waals surface area contributed by atoms with Crippen molar-refractivity contribution in [3.63, 3.8) is 0 Å². The maximum Gasteiger partial charge on any atom is 0.157 e. The molecule has 1 atom stereocenters. The lowest BCUT2D eigenvalue weighted by molar-refractivity contribution is 0.748. The highest BCUT2D eigenvalue weighted by atomic mass is 32.2. The molecule has 1 aromatic heterocycles. The Kier molecular flexibility index (Phi) is 3.84. The molecule has 1 saturated heterocycles. The second-order valence-electron chi connectivity index (χ2n) is 4.40. The van der Waals surface area contributed by atoms with Crippen LogP contribution < -0.4 is 5.32 Å². The average Bonchev–Trinajstić information content (AvgIpc) is 3.06. The summed E-state index contributed by atoms with van der Waals surface area (Å²) in [5.74, 6) is 1.04. The van der Waals surface area contributed by atoms with Crippen LogP contribution in [0.3, 0.4) is 0 Å². The molecule has 3 rings (SSSR count). The zero-order chi connectivity index (χ0) is 13.1. The minimum atomic E-state index is 0.377. The third-order valence-corrected chi connectivity index (χ3v) is 4.78. The van der Waals surface area contributed by atoms with Crippen LogP contribution in [0.25, 0.3) is 0 Å². The molecule has 0 bridgehead atoms. The molecule has 0 spiro atoms. The Morgan fingerprint density at radius 1 is 1.37 bits per heavy atom. The van der Waals surface area contributed by atoms with E-state index >= 15 is 0 Å². The molecule has 0 saturated carbocycles. The van der Waals surface area contributed by atoms with Crippen LogP contribution in [0.1, 0.15) is 22.3 Å². The second-order valence-corrected chi connectivity index (χ2v) is 6.47. The molecule has 0 amide bonds. The molecule has 1 aromatic carbocycles. The summed E-state index contributed by atoms with van der Waals surface area (Å²) in [4.78, 5) is 9.02. The Morgan fingerprint density at radius 2 is 2.21 bits per heavy atom. The standard InChI is InChI=1S/C14H15N3S2/c1-10-16-12(8-18-10)7-15-14-17-13(9-19-14)11-5-3-2-4-6-11/h2-6,8,13H,7,9H2,1H3,(H,15,17). The Labute approximate surface area is 121 Å². The Morgan fingerprint density at radius 3 is 2.95 bits per heavy atom. The lowest BCUT2D eigenvalue weighted by atomic mass is 10.1. The molecule has 1 aliphatic heterocycles. The number of amidine groups is 1. The molecular formula is C14H15N3S2. The van der Waals surface area contributed by atoms with Crippen LogP contribution in [0.2, 0.25) is 0 Å². The fourth-order valence-electron chi connectivity index (χ4n) is 1.98. The van der Waals surface area contributed by atoms with Crippen molar-refractivity contribution >= 4 is 28.3 Å². The minimum Gasteiger partial charge on any atom is -0.357 e. The van der Waals surface area contributed by atoms with E-state index in [0.717, 1.165) is 21.6 Å². The smallest absolute Gasteiger partial charge is 0.157 e. The van der Waals surface area contributed by atoms with Crippen molar-refractivity contribution in [2.75, 3.05) is 5.75 Å². The van der Waals surface area contributed by atoms with E-state index in [9.17, 15) is 0 Å². The number of benzene rings is 1. The van der Waals surface area contributed by atoms with Crippen LogP contribution in [0, 0.1) is 6.92 Å². The van der Waals surface area contributed by atoms with Crippen molar-refractivity contribution in [3.05, 3.63) is 52.0 Å². The van der Waals surface area contributed by atoms with Crippen molar-refractivity contribution < 1.29 is 0 Å². The summed E-state index contributed by atoms with van der Waals surface area (Å²) in [6.07, 6.45) is 0. The fourth-order valence-corrected chi connectivity index (χ4v) is 3.57. The summed E-state index contributed by atoms with van der Waals surface area (Å²) >= 11 is 3.46. The lowest BCUT2D eigenvalue weighted by Crippen LogP contribution is -2.19. The van der Waals surface area contributed by atoms with Crippen molar-refractivity contribution in [1.29, 1.82) is 0 Å². The molecule has 19 heavy (non-hydrogen) atoms. The lowest BCUT2D eigenvalue weighted by Gasteiger charge is -2.09. The van der Waals surface area contributed by atoms with Gasteiger partial charge in [0.15, 0.2) is 5.17 Å². The monoisotopic (exact) mass is 289 g/mol. The number of thiazole rings is 1. The maximum absolute atomic E-state index is 4.60. The zero-order valence-corrected chi connectivity index (χ0v) is 12.3. The minimum absolute atomic E-state index is 0.377. The summed E-state index contributed by atoms with van der Waals surface area (Å²) in [6.45, 7) is 2.69. The van der Waals surface area contributed by atoms with E-state index in [4.69, 9.17) is 0 Å². The van der Waals surface area contributed by atoms with Gasteiger partial charge in [0.1, 0.15) is 0 Å². The number of hydrogen-bond donors (Lipinski definition) is 1. The molecule has 1 unspecified atom stereocenters. The van der Waals surface area contributed by atoms with Gasteiger partial charge in [0.2, 0.25) is 0 Å². The highest BCUT2D eigenvalue weighted by Gasteiger charge is 2.21. The Balaban J connectivity index is 1.62. The number of aryl methyl sites for hydroxylation is 1. The van der Waals surface area contributed by atoms with Gasteiger partial charge in [-0.15, -0.1) is 11.3 Å². The molecule has 1 aliphatic rings. The first-order valence-corrected chi connectivity index (χ1v) is 8.07. The van der Waals surface area contributed by atoms with E-state index in [0.29, 0.717) is 12.6 Å². The summed E-state index contributed by atoms with van der Waals surface area (Å²) in [5, 5.41) is 7.68. The van der Waals surface area contributed by atoms with Crippen LogP contribution in [0.4, 0.5) is 0 Å². The van der Waals surface area contributed by atoms with Gasteiger partial charge in [-0.25, -0.2) is 4.98 Å². The number of aromatic nitrogens is 1. The number of nitrogens with one attached hydrogen (secondary N) is 1. The van der Waals surface area contributed by atoms with Crippen LogP contribution in [-0.2, 0) is 6.54 Å². The van der Waals surface area contributed by atoms with Crippen molar-refractivity contribution in [2.45, 2.75) is 19.5 Å². The van der Waals surface area contributed by atoms with Crippen LogP contribution >= 0.6 is 23.1 Å². The van der Waals surface area contributed by atoms with Crippen molar-refractivity contribution in [1.82, 2.24) is 10.3 Å². The molecule has 2 heterocycles. The van der Waals surface area contributed by atoms with Gasteiger partial charge in [0.25, 0.3) is 0 Å². The maximum atomic E-state index is 4.60. The summed E-state index contributed by atoms with van der Waals surface area (Å²) in [6, 6.07) is 10.9. The van der Waals surface area contributed by atoms with E-state index in [1.807, 2.05) is 13.0 Å². The molecule has 98 valence electrons. The zero-order valence-electron chi connectivity index (χ0n) is 10.7. The molecule has 0 radical (unpaired) electrons. The van der Waals surface area contributed by atoms with E-state index in [2.05, 4.69) is 44.9 Å². The van der Waals surface area contributed by atoms with Crippen LogP contribution in [0.5, 0.6) is 0 Å². The normalized spacial score (nSPS) is 20.7. The molecule has 1 fully saturated rings. The SMILES string of the molecule is Cc1nc(CN=C2NC(c3ccccc3)CS2)cs1. The van der Waals surface area contributed by atoms with Gasteiger partial charge in [-0.05, 0) is 12.5 Å². The quantitative estimate of drug-likeness (QED) is 0.941. The predicted molar refractivity (Wildman–Crippen MR) is 82.8 cm³/mol. The Bertz CT molecular complexity index is 577. The third kappa shape index (κ3) is 3.16. The first-order valence-electron chi connectivity index (χ1n) is 6.21. The highest BCUT2D eigenvalue weighted by molar-refractivity contribution is 8.14. The number of aliphatic imine (C=N–C) groups is 1. The topological polar surface area (TPSA) is 37.3 Å². The van der Waals surface area contributed by atoms with Gasteiger partial charge in [-0.1, -0.05) is 42.1 Å². The van der Waals surface area contributed by atoms with Gasteiger partial charge in [0.05, 0.1) is 23.3 Å². The van der Waals surface area contributed by atoms with Gasteiger partial charge >= 0.3 is 0 Å². The molecule has 0 aliphatic carbocycles. The number of rotatable bonds is 3. The van der Waals surface area contributed by atoms with Gasteiger partial charge in [-0.3, -0.25) is 4.99 Å².